The first-order chi connectivity index (χ1) is 17.7. The van der Waals surface area contributed by atoms with Crippen LogP contribution in [0.3, 0.4) is 0 Å². The first-order valence-electron chi connectivity index (χ1n) is 13.3. The Hall–Kier alpha value is -2.12. The van der Waals surface area contributed by atoms with E-state index in [0.29, 0.717) is 59.8 Å². The number of fused-ring (bicyclic) bond motifs is 2. The van der Waals surface area contributed by atoms with Gasteiger partial charge in [0.05, 0.1) is 22.6 Å². The Kier molecular flexibility index (Phi) is 7.83. The van der Waals surface area contributed by atoms with Crippen LogP contribution in [0.4, 0.5) is 0 Å². The van der Waals surface area contributed by atoms with Gasteiger partial charge < -0.3 is 20.0 Å². The van der Waals surface area contributed by atoms with Gasteiger partial charge in [-0.1, -0.05) is 53.4 Å². The molecule has 2 amide bonds. The predicted molar refractivity (Wildman–Crippen MR) is 148 cm³/mol. The van der Waals surface area contributed by atoms with Gasteiger partial charge in [-0.15, -0.1) is 0 Å². The lowest BCUT2D eigenvalue weighted by atomic mass is 10.00. The summed E-state index contributed by atoms with van der Waals surface area (Å²) < 4.78 is 0. The summed E-state index contributed by atoms with van der Waals surface area (Å²) in [6.07, 6.45) is 2.34. The summed E-state index contributed by atoms with van der Waals surface area (Å²) in [7, 11) is 0. The highest BCUT2D eigenvalue weighted by molar-refractivity contribution is 6.42. The normalized spacial score (nSPS) is 25.6. The smallest absolute Gasteiger partial charge is 0.254 e. The van der Waals surface area contributed by atoms with E-state index in [1.54, 1.807) is 6.07 Å². The SMILES string of the molecule is CCN1CC2CC1CC2NCC(=O)N1CCN(C(=O)c2cc(C)cc(C)c2)CC1c1ccc(Cl)c(Cl)c1. The molecule has 3 fully saturated rings. The second-order valence-electron chi connectivity index (χ2n) is 10.9. The summed E-state index contributed by atoms with van der Waals surface area (Å²) in [5.74, 6) is 0.671. The van der Waals surface area contributed by atoms with Gasteiger partial charge in [0, 0.05) is 43.8 Å². The molecule has 37 heavy (non-hydrogen) atoms. The number of nitrogens with zero attached hydrogens (tertiary/aromatic N) is 3. The first kappa shape index (κ1) is 26.5. The van der Waals surface area contributed by atoms with Crippen LogP contribution < -0.4 is 5.32 Å². The Morgan fingerprint density at radius 2 is 1.73 bits per heavy atom. The van der Waals surface area contributed by atoms with Crippen LogP contribution in [0.5, 0.6) is 0 Å². The molecule has 5 rings (SSSR count). The van der Waals surface area contributed by atoms with Crippen molar-refractivity contribution in [2.45, 2.75) is 51.7 Å². The van der Waals surface area contributed by atoms with Gasteiger partial charge in [0.25, 0.3) is 5.91 Å². The number of nitrogens with one attached hydrogen (secondary N) is 1. The molecule has 8 heteroatoms. The average molecular weight is 544 g/mol. The fourth-order valence-electron chi connectivity index (χ4n) is 6.55. The van der Waals surface area contributed by atoms with E-state index < -0.39 is 0 Å². The van der Waals surface area contributed by atoms with Gasteiger partial charge >= 0.3 is 0 Å². The molecule has 1 aliphatic carbocycles. The highest BCUT2D eigenvalue weighted by Crippen LogP contribution is 2.37. The number of hydrogen-bond acceptors (Lipinski definition) is 4. The number of halogens is 2. The minimum absolute atomic E-state index is 0.00968. The Bertz CT molecular complexity index is 1170. The molecule has 2 aromatic rings. The van der Waals surface area contributed by atoms with Crippen LogP contribution in [-0.2, 0) is 4.79 Å². The molecule has 198 valence electrons. The lowest BCUT2D eigenvalue weighted by Gasteiger charge is -2.42. The fraction of sp³-hybridized carbons (Fsp3) is 0.517. The Balaban J connectivity index is 1.31. The highest BCUT2D eigenvalue weighted by Gasteiger charge is 2.44. The molecule has 0 aromatic heterocycles. The molecule has 4 unspecified atom stereocenters. The molecule has 0 radical (unpaired) electrons. The molecule has 1 N–H and O–H groups in total. The standard InChI is InChI=1S/C29H36Cl2N4O2/c1-4-33-16-22-12-23(33)14-26(22)32-15-28(36)35-8-7-34(29(37)21-10-18(2)9-19(3)11-21)17-27(35)20-5-6-24(30)25(31)13-20/h5-6,9-11,13,22-23,26-27,32H,4,7-8,12,14-17H2,1-3H3. The van der Waals surface area contributed by atoms with Crippen LogP contribution in [-0.4, -0.2) is 77.9 Å². The molecule has 2 heterocycles. The van der Waals surface area contributed by atoms with E-state index >= 15 is 0 Å². The topological polar surface area (TPSA) is 55.9 Å². The van der Waals surface area contributed by atoms with E-state index in [1.165, 1.54) is 6.42 Å². The van der Waals surface area contributed by atoms with Gasteiger partial charge in [0.2, 0.25) is 5.91 Å². The van der Waals surface area contributed by atoms with Gasteiger partial charge in [0.1, 0.15) is 0 Å². The molecule has 4 atom stereocenters. The molecule has 1 saturated carbocycles. The van der Waals surface area contributed by atoms with Crippen LogP contribution >= 0.6 is 23.2 Å². The predicted octanol–water partition coefficient (Wildman–Crippen LogP) is 4.71. The van der Waals surface area contributed by atoms with E-state index in [0.717, 1.165) is 36.2 Å². The Morgan fingerprint density at radius 3 is 2.38 bits per heavy atom. The van der Waals surface area contributed by atoms with Gasteiger partial charge in [-0.2, -0.15) is 0 Å². The second-order valence-corrected chi connectivity index (χ2v) is 11.7. The maximum Gasteiger partial charge on any atom is 0.254 e. The number of benzene rings is 2. The van der Waals surface area contributed by atoms with Gasteiger partial charge in [0.15, 0.2) is 0 Å². The van der Waals surface area contributed by atoms with Crippen molar-refractivity contribution in [1.29, 1.82) is 0 Å². The minimum atomic E-state index is -0.289. The van der Waals surface area contributed by atoms with E-state index in [1.807, 2.05) is 47.9 Å². The summed E-state index contributed by atoms with van der Waals surface area (Å²) >= 11 is 12.6. The third-order valence-corrected chi connectivity index (χ3v) is 9.10. The Labute approximate surface area is 229 Å². The van der Waals surface area contributed by atoms with Gasteiger partial charge in [-0.25, -0.2) is 0 Å². The Morgan fingerprint density at radius 1 is 0.973 bits per heavy atom. The quantitative estimate of drug-likeness (QED) is 0.574. The van der Waals surface area contributed by atoms with E-state index in [-0.39, 0.29) is 17.9 Å². The highest BCUT2D eigenvalue weighted by atomic mass is 35.5. The van der Waals surface area contributed by atoms with Crippen molar-refractivity contribution in [1.82, 2.24) is 20.0 Å². The van der Waals surface area contributed by atoms with Crippen molar-refractivity contribution >= 4 is 35.0 Å². The van der Waals surface area contributed by atoms with Crippen molar-refractivity contribution < 1.29 is 9.59 Å². The number of carbonyl (C=O) groups is 2. The molecule has 2 aromatic carbocycles. The second kappa shape index (κ2) is 10.9. The molecule has 6 nitrogen and oxygen atoms in total. The van der Waals surface area contributed by atoms with E-state index in [9.17, 15) is 9.59 Å². The minimum Gasteiger partial charge on any atom is -0.334 e. The number of piperazine rings is 1. The zero-order valence-electron chi connectivity index (χ0n) is 21.8. The maximum atomic E-state index is 13.5. The zero-order chi connectivity index (χ0) is 26.3. The summed E-state index contributed by atoms with van der Waals surface area (Å²) in [5, 5.41) is 4.50. The number of carbonyl (C=O) groups excluding carboxylic acids is 2. The van der Waals surface area contributed by atoms with Crippen LogP contribution in [0.25, 0.3) is 0 Å². The van der Waals surface area contributed by atoms with Crippen LogP contribution in [0.1, 0.15) is 52.9 Å². The van der Waals surface area contributed by atoms with Crippen LogP contribution in [0.15, 0.2) is 36.4 Å². The van der Waals surface area contributed by atoms with Crippen molar-refractivity contribution in [2.24, 2.45) is 5.92 Å². The monoisotopic (exact) mass is 542 g/mol. The molecule has 2 bridgehead atoms. The van der Waals surface area contributed by atoms with E-state index in [2.05, 4.69) is 23.2 Å². The van der Waals surface area contributed by atoms with Crippen LogP contribution in [0, 0.1) is 19.8 Å². The first-order valence-corrected chi connectivity index (χ1v) is 14.1. The van der Waals surface area contributed by atoms with Gasteiger partial charge in [-0.3, -0.25) is 9.59 Å². The largest absolute Gasteiger partial charge is 0.334 e. The molecule has 2 saturated heterocycles. The maximum absolute atomic E-state index is 13.5. The number of amides is 2. The van der Waals surface area contributed by atoms with Crippen molar-refractivity contribution in [2.75, 3.05) is 39.3 Å². The van der Waals surface area contributed by atoms with Crippen molar-refractivity contribution in [3.8, 4) is 0 Å². The van der Waals surface area contributed by atoms with Crippen molar-refractivity contribution in [3.63, 3.8) is 0 Å². The molecular weight excluding hydrogens is 507 g/mol. The molecule has 2 aliphatic heterocycles. The summed E-state index contributed by atoms with van der Waals surface area (Å²) in [6.45, 7) is 10.1. The van der Waals surface area contributed by atoms with Crippen molar-refractivity contribution in [3.05, 3.63) is 68.7 Å². The molecule has 3 aliphatic rings. The molecular formula is C29H36Cl2N4O2. The summed E-state index contributed by atoms with van der Waals surface area (Å²) in [4.78, 5) is 33.3. The summed E-state index contributed by atoms with van der Waals surface area (Å²) in [6, 6.07) is 12.2. The number of rotatable bonds is 6. The third kappa shape index (κ3) is 5.53. The zero-order valence-corrected chi connectivity index (χ0v) is 23.4. The number of likely N-dealkylation sites (tertiary alicyclic amines) is 1. The lowest BCUT2D eigenvalue weighted by molar-refractivity contribution is -0.135. The lowest BCUT2D eigenvalue weighted by Crippen LogP contribution is -2.55. The fourth-order valence-corrected chi connectivity index (χ4v) is 6.86. The average Bonchev–Trinajstić information content (AvgIpc) is 3.48. The molecule has 0 spiro atoms. The van der Waals surface area contributed by atoms with E-state index in [4.69, 9.17) is 23.2 Å². The van der Waals surface area contributed by atoms with Crippen LogP contribution in [0.2, 0.25) is 10.0 Å². The van der Waals surface area contributed by atoms with Gasteiger partial charge in [-0.05, 0) is 69.0 Å². The summed E-state index contributed by atoms with van der Waals surface area (Å²) in [5.41, 5.74) is 3.70. The number of hydrogen-bond donors (Lipinski definition) is 1. The number of aryl methyl sites for hydroxylation is 2. The number of piperidine rings is 1. The third-order valence-electron chi connectivity index (χ3n) is 8.36.